The Labute approximate surface area is 156 Å². The third-order valence-electron chi connectivity index (χ3n) is 5.03. The van der Waals surface area contributed by atoms with E-state index in [0.717, 1.165) is 42.4 Å². The second kappa shape index (κ2) is 7.85. The lowest BCUT2D eigenvalue weighted by atomic mass is 9.91. The lowest BCUT2D eigenvalue weighted by molar-refractivity contribution is -0.145. The zero-order valence-electron chi connectivity index (χ0n) is 13.5. The van der Waals surface area contributed by atoms with Crippen LogP contribution in [0.4, 0.5) is 0 Å². The van der Waals surface area contributed by atoms with Gasteiger partial charge in [-0.15, -0.1) is 12.4 Å². The third kappa shape index (κ3) is 3.92. The van der Waals surface area contributed by atoms with E-state index in [0.29, 0.717) is 0 Å². The SMILES string of the molecule is COC(=O)C(NC(=O)C1CC12CCNCC2)c1ccc(Br)cc1.Cl. The van der Waals surface area contributed by atoms with Gasteiger partial charge in [-0.05, 0) is 55.5 Å². The van der Waals surface area contributed by atoms with Gasteiger partial charge in [0.05, 0.1) is 7.11 Å². The van der Waals surface area contributed by atoms with Crippen LogP contribution in [-0.4, -0.2) is 32.1 Å². The molecule has 2 unspecified atom stereocenters. The summed E-state index contributed by atoms with van der Waals surface area (Å²) in [5.74, 6) is -0.460. The summed E-state index contributed by atoms with van der Waals surface area (Å²) in [6.45, 7) is 1.94. The number of esters is 1. The summed E-state index contributed by atoms with van der Waals surface area (Å²) in [5, 5.41) is 6.22. The minimum absolute atomic E-state index is 0. The summed E-state index contributed by atoms with van der Waals surface area (Å²) in [4.78, 5) is 24.7. The Morgan fingerprint density at radius 3 is 2.50 bits per heavy atom. The molecule has 2 N–H and O–H groups in total. The van der Waals surface area contributed by atoms with Gasteiger partial charge in [0.25, 0.3) is 0 Å². The summed E-state index contributed by atoms with van der Waals surface area (Å²) in [5.41, 5.74) is 0.879. The molecule has 0 bridgehead atoms. The van der Waals surface area contributed by atoms with E-state index in [1.165, 1.54) is 7.11 Å². The number of ether oxygens (including phenoxy) is 1. The number of rotatable bonds is 4. The van der Waals surface area contributed by atoms with Gasteiger partial charge in [0.1, 0.15) is 0 Å². The zero-order valence-corrected chi connectivity index (χ0v) is 15.9. The largest absolute Gasteiger partial charge is 0.467 e. The standard InChI is InChI=1S/C17H21BrN2O3.ClH/c1-23-16(22)14(11-2-4-12(18)5-3-11)20-15(21)13-10-17(13)6-8-19-9-7-17;/h2-5,13-14,19H,6-10H2,1H3,(H,20,21);1H. The van der Waals surface area contributed by atoms with E-state index in [-0.39, 0.29) is 29.6 Å². The van der Waals surface area contributed by atoms with Gasteiger partial charge in [-0.2, -0.15) is 0 Å². The van der Waals surface area contributed by atoms with Crippen LogP contribution in [0.15, 0.2) is 28.7 Å². The summed E-state index contributed by atoms with van der Waals surface area (Å²) < 4.78 is 5.78. The lowest BCUT2D eigenvalue weighted by Crippen LogP contribution is -2.38. The molecule has 24 heavy (non-hydrogen) atoms. The van der Waals surface area contributed by atoms with Gasteiger partial charge in [-0.1, -0.05) is 28.1 Å². The van der Waals surface area contributed by atoms with Crippen LogP contribution in [0.25, 0.3) is 0 Å². The number of amides is 1. The number of methoxy groups -OCH3 is 1. The van der Waals surface area contributed by atoms with Crippen molar-refractivity contribution < 1.29 is 14.3 Å². The molecule has 1 spiro atoms. The van der Waals surface area contributed by atoms with E-state index in [2.05, 4.69) is 26.6 Å². The van der Waals surface area contributed by atoms with E-state index in [1.807, 2.05) is 24.3 Å². The van der Waals surface area contributed by atoms with Gasteiger partial charge >= 0.3 is 5.97 Å². The average Bonchev–Trinajstić information content (AvgIpc) is 3.26. The van der Waals surface area contributed by atoms with Crippen LogP contribution < -0.4 is 10.6 Å². The fourth-order valence-electron chi connectivity index (χ4n) is 3.49. The molecule has 132 valence electrons. The van der Waals surface area contributed by atoms with Crippen molar-refractivity contribution in [2.75, 3.05) is 20.2 Å². The number of halogens is 2. The maximum absolute atomic E-state index is 12.6. The number of piperidine rings is 1. The molecular weight excluding hydrogens is 396 g/mol. The second-order valence-electron chi connectivity index (χ2n) is 6.39. The van der Waals surface area contributed by atoms with Gasteiger partial charge < -0.3 is 15.4 Å². The van der Waals surface area contributed by atoms with Crippen molar-refractivity contribution in [3.05, 3.63) is 34.3 Å². The molecule has 1 saturated heterocycles. The minimum atomic E-state index is -0.750. The second-order valence-corrected chi connectivity index (χ2v) is 7.30. The van der Waals surface area contributed by atoms with Crippen molar-refractivity contribution >= 4 is 40.2 Å². The normalized spacial score (nSPS) is 22.2. The maximum Gasteiger partial charge on any atom is 0.333 e. The Kier molecular flexibility index (Phi) is 6.28. The molecule has 2 fully saturated rings. The molecule has 1 heterocycles. The van der Waals surface area contributed by atoms with E-state index in [4.69, 9.17) is 4.74 Å². The Morgan fingerprint density at radius 2 is 1.92 bits per heavy atom. The summed E-state index contributed by atoms with van der Waals surface area (Å²) in [7, 11) is 1.34. The highest BCUT2D eigenvalue weighted by Gasteiger charge is 2.58. The molecule has 3 rings (SSSR count). The molecule has 2 aliphatic rings. The Morgan fingerprint density at radius 1 is 1.29 bits per heavy atom. The topological polar surface area (TPSA) is 67.4 Å². The summed E-state index contributed by atoms with van der Waals surface area (Å²) in [6, 6.07) is 6.59. The Balaban J connectivity index is 0.00000208. The zero-order chi connectivity index (χ0) is 16.4. The third-order valence-corrected chi connectivity index (χ3v) is 5.56. The van der Waals surface area contributed by atoms with Gasteiger partial charge in [0, 0.05) is 10.4 Å². The first-order chi connectivity index (χ1) is 11.1. The molecule has 1 aliphatic heterocycles. The molecular formula is C17H22BrClN2O3. The smallest absolute Gasteiger partial charge is 0.333 e. The van der Waals surface area contributed by atoms with Gasteiger partial charge in [0.2, 0.25) is 5.91 Å². The quantitative estimate of drug-likeness (QED) is 0.739. The first-order valence-corrected chi connectivity index (χ1v) is 8.69. The highest BCUT2D eigenvalue weighted by atomic mass is 79.9. The number of carbonyl (C=O) groups excluding carboxylic acids is 2. The molecule has 1 amide bonds. The van der Waals surface area contributed by atoms with Crippen molar-refractivity contribution in [1.82, 2.24) is 10.6 Å². The fourth-order valence-corrected chi connectivity index (χ4v) is 3.75. The molecule has 5 nitrogen and oxygen atoms in total. The van der Waals surface area contributed by atoms with E-state index < -0.39 is 12.0 Å². The molecule has 1 saturated carbocycles. The molecule has 1 aromatic rings. The highest BCUT2D eigenvalue weighted by molar-refractivity contribution is 9.10. The molecule has 1 aliphatic carbocycles. The Hall–Kier alpha value is -1.11. The van der Waals surface area contributed by atoms with Gasteiger partial charge in [0.15, 0.2) is 6.04 Å². The summed E-state index contributed by atoms with van der Waals surface area (Å²) in [6.07, 6.45) is 2.99. The van der Waals surface area contributed by atoms with Gasteiger partial charge in [-0.3, -0.25) is 4.79 Å². The van der Waals surface area contributed by atoms with Crippen molar-refractivity contribution in [3.63, 3.8) is 0 Å². The van der Waals surface area contributed by atoms with Crippen LogP contribution in [0.3, 0.4) is 0 Å². The highest BCUT2D eigenvalue weighted by Crippen LogP contribution is 2.58. The summed E-state index contributed by atoms with van der Waals surface area (Å²) >= 11 is 3.37. The monoisotopic (exact) mass is 416 g/mol. The molecule has 0 radical (unpaired) electrons. The van der Waals surface area contributed by atoms with Crippen LogP contribution >= 0.6 is 28.3 Å². The van der Waals surface area contributed by atoms with Crippen molar-refractivity contribution in [2.24, 2.45) is 11.3 Å². The predicted molar refractivity (Wildman–Crippen MR) is 96.9 cm³/mol. The van der Waals surface area contributed by atoms with Crippen molar-refractivity contribution in [3.8, 4) is 0 Å². The number of benzene rings is 1. The van der Waals surface area contributed by atoms with Crippen LogP contribution in [0.2, 0.25) is 0 Å². The number of carbonyl (C=O) groups is 2. The van der Waals surface area contributed by atoms with E-state index >= 15 is 0 Å². The maximum atomic E-state index is 12.6. The number of hydrogen-bond donors (Lipinski definition) is 2. The molecule has 2 atom stereocenters. The first-order valence-electron chi connectivity index (χ1n) is 7.90. The van der Waals surface area contributed by atoms with E-state index in [9.17, 15) is 9.59 Å². The van der Waals surface area contributed by atoms with Gasteiger partial charge in [-0.25, -0.2) is 4.79 Å². The Bertz CT molecular complexity index is 602. The van der Waals surface area contributed by atoms with Crippen LogP contribution in [0.5, 0.6) is 0 Å². The molecule has 0 aromatic heterocycles. The molecule has 1 aromatic carbocycles. The molecule has 7 heteroatoms. The predicted octanol–water partition coefficient (Wildman–Crippen LogP) is 2.59. The van der Waals surface area contributed by atoms with Crippen LogP contribution in [0, 0.1) is 11.3 Å². The van der Waals surface area contributed by atoms with Crippen molar-refractivity contribution in [2.45, 2.75) is 25.3 Å². The van der Waals surface area contributed by atoms with Crippen LogP contribution in [0.1, 0.15) is 30.9 Å². The first kappa shape index (κ1) is 19.2. The van der Waals surface area contributed by atoms with Crippen LogP contribution in [-0.2, 0) is 14.3 Å². The van der Waals surface area contributed by atoms with Crippen molar-refractivity contribution in [1.29, 1.82) is 0 Å². The van der Waals surface area contributed by atoms with E-state index in [1.54, 1.807) is 0 Å². The minimum Gasteiger partial charge on any atom is -0.467 e. The number of hydrogen-bond acceptors (Lipinski definition) is 4. The fraction of sp³-hybridized carbons (Fsp3) is 0.529. The number of nitrogens with one attached hydrogen (secondary N) is 2. The lowest BCUT2D eigenvalue weighted by Gasteiger charge is -2.24. The average molecular weight is 418 g/mol.